The number of rotatable bonds is 2. The second kappa shape index (κ2) is 5.84. The van der Waals surface area contributed by atoms with Gasteiger partial charge in [-0.2, -0.15) is 0 Å². The molecule has 5 rings (SSSR count). The number of allylic oxidation sites excluding steroid dienone is 2. The molecule has 2 unspecified atom stereocenters. The number of nitrogens with zero attached hydrogens (tertiary/aromatic N) is 2. The minimum atomic E-state index is 0.451. The normalized spacial score (nSPS) is 21.7. The molecule has 0 amide bonds. The topological polar surface area (TPSA) is 17.8 Å². The van der Waals surface area contributed by atoms with Crippen LogP contribution in [0.4, 0.5) is 0 Å². The molecular formula is C24H22N2. The highest BCUT2D eigenvalue weighted by Crippen LogP contribution is 2.51. The van der Waals surface area contributed by atoms with Crippen molar-refractivity contribution in [1.29, 1.82) is 0 Å². The van der Waals surface area contributed by atoms with E-state index in [1.54, 1.807) is 0 Å². The molecule has 2 heterocycles. The van der Waals surface area contributed by atoms with Crippen molar-refractivity contribution < 1.29 is 0 Å². The summed E-state index contributed by atoms with van der Waals surface area (Å²) in [6.45, 7) is 6.59. The Morgan fingerprint density at radius 1 is 0.885 bits per heavy atom. The van der Waals surface area contributed by atoms with Crippen LogP contribution in [0.15, 0.2) is 84.6 Å². The Morgan fingerprint density at radius 3 is 2.19 bits per heavy atom. The molecule has 26 heavy (non-hydrogen) atoms. The second-order valence-electron chi connectivity index (χ2n) is 7.47. The third-order valence-corrected chi connectivity index (χ3v) is 5.89. The summed E-state index contributed by atoms with van der Waals surface area (Å²) < 4.78 is 2.40. The first-order valence-corrected chi connectivity index (χ1v) is 9.30. The molecule has 1 aromatic heterocycles. The Kier molecular flexibility index (Phi) is 3.46. The Hall–Kier alpha value is -2.87. The zero-order chi connectivity index (χ0) is 17.7. The van der Waals surface area contributed by atoms with Crippen LogP contribution in [0.25, 0.3) is 17.0 Å². The van der Waals surface area contributed by atoms with Gasteiger partial charge in [-0.1, -0.05) is 72.8 Å². The molecule has 0 saturated heterocycles. The van der Waals surface area contributed by atoms with E-state index in [1.165, 1.54) is 39.5 Å². The van der Waals surface area contributed by atoms with E-state index in [4.69, 9.17) is 4.98 Å². The Balaban J connectivity index is 1.79. The van der Waals surface area contributed by atoms with Crippen LogP contribution in [0.3, 0.4) is 0 Å². The highest BCUT2D eigenvalue weighted by atomic mass is 15.1. The van der Waals surface area contributed by atoms with Crippen LogP contribution in [0, 0.1) is 5.92 Å². The van der Waals surface area contributed by atoms with E-state index in [1.807, 2.05) is 6.20 Å². The van der Waals surface area contributed by atoms with Gasteiger partial charge in [0.05, 0.1) is 17.6 Å². The largest absolute Gasteiger partial charge is 0.296 e. The van der Waals surface area contributed by atoms with Crippen molar-refractivity contribution in [3.05, 3.63) is 96.0 Å². The van der Waals surface area contributed by atoms with Gasteiger partial charge in [-0.3, -0.25) is 4.57 Å². The van der Waals surface area contributed by atoms with Gasteiger partial charge >= 0.3 is 0 Å². The van der Waals surface area contributed by atoms with Gasteiger partial charge in [0, 0.05) is 11.5 Å². The van der Waals surface area contributed by atoms with E-state index >= 15 is 0 Å². The minimum absolute atomic E-state index is 0.451. The summed E-state index contributed by atoms with van der Waals surface area (Å²) >= 11 is 0. The maximum Gasteiger partial charge on any atom is 0.117 e. The lowest BCUT2D eigenvalue weighted by atomic mass is 9.83. The number of hydrogen-bond acceptors (Lipinski definition) is 1. The van der Waals surface area contributed by atoms with Gasteiger partial charge in [0.25, 0.3) is 0 Å². The van der Waals surface area contributed by atoms with Crippen molar-refractivity contribution in [2.75, 3.05) is 0 Å². The van der Waals surface area contributed by atoms with Gasteiger partial charge < -0.3 is 0 Å². The van der Waals surface area contributed by atoms with Crippen LogP contribution in [0.5, 0.6) is 0 Å². The van der Waals surface area contributed by atoms with Crippen LogP contribution < -0.4 is 0 Å². The van der Waals surface area contributed by atoms with Crippen molar-refractivity contribution in [3.63, 3.8) is 0 Å². The molecule has 0 radical (unpaired) electrons. The lowest BCUT2D eigenvalue weighted by Gasteiger charge is -2.31. The van der Waals surface area contributed by atoms with Crippen LogP contribution in [-0.4, -0.2) is 9.55 Å². The second-order valence-corrected chi connectivity index (χ2v) is 7.47. The molecule has 2 nitrogen and oxygen atoms in total. The average Bonchev–Trinajstić information content (AvgIpc) is 3.27. The molecule has 1 saturated carbocycles. The molecule has 128 valence electrons. The smallest absolute Gasteiger partial charge is 0.117 e. The monoisotopic (exact) mass is 338 g/mol. The number of imidazole rings is 1. The molecule has 0 N–H and O–H groups in total. The maximum absolute atomic E-state index is 4.91. The van der Waals surface area contributed by atoms with Gasteiger partial charge in [0.2, 0.25) is 0 Å². The molecule has 2 atom stereocenters. The molecule has 1 aliphatic heterocycles. The quantitative estimate of drug-likeness (QED) is 0.532. The Morgan fingerprint density at radius 2 is 1.50 bits per heavy atom. The molecule has 2 heteroatoms. The van der Waals surface area contributed by atoms with Gasteiger partial charge in [0.1, 0.15) is 5.82 Å². The first-order valence-electron chi connectivity index (χ1n) is 9.30. The summed E-state index contributed by atoms with van der Waals surface area (Å²) in [5.41, 5.74) is 7.76. The minimum Gasteiger partial charge on any atom is -0.296 e. The zero-order valence-electron chi connectivity index (χ0n) is 15.0. The molecule has 1 fully saturated rings. The molecule has 1 aliphatic carbocycles. The molecule has 2 aromatic carbocycles. The molecule has 2 aliphatic rings. The van der Waals surface area contributed by atoms with E-state index in [9.17, 15) is 0 Å². The lowest BCUT2D eigenvalue weighted by Crippen LogP contribution is -2.22. The van der Waals surface area contributed by atoms with E-state index in [0.29, 0.717) is 11.8 Å². The first kappa shape index (κ1) is 15.4. The summed E-state index contributed by atoms with van der Waals surface area (Å²) in [6.07, 6.45) is 4.18. The predicted octanol–water partition coefficient (Wildman–Crippen LogP) is 5.89. The fourth-order valence-corrected chi connectivity index (χ4v) is 4.70. The number of fused-ring (bicyclic) bond motifs is 3. The summed E-state index contributed by atoms with van der Waals surface area (Å²) in [5, 5.41) is 0. The van der Waals surface area contributed by atoms with Crippen LogP contribution >= 0.6 is 0 Å². The Bertz CT molecular complexity index is 1010. The van der Waals surface area contributed by atoms with Gasteiger partial charge in [0.15, 0.2) is 0 Å². The van der Waals surface area contributed by atoms with Crippen molar-refractivity contribution in [1.82, 2.24) is 9.55 Å². The van der Waals surface area contributed by atoms with Crippen molar-refractivity contribution in [3.8, 4) is 11.3 Å². The van der Waals surface area contributed by atoms with Crippen LogP contribution in [-0.2, 0) is 0 Å². The molecule has 3 aromatic rings. The molecule has 0 bridgehead atoms. The summed E-state index contributed by atoms with van der Waals surface area (Å²) in [5.74, 6) is 2.17. The standard InChI is InChI=1S/C24H22N2/c1-16-13-20-17(2)23(19-11-7-4-8-12-19)26-22(18-9-5-3-6-10-18)15-25-24(26)21(20)14-16/h3-12,15,20-21H,1,13-14H2,2H3. The van der Waals surface area contributed by atoms with Crippen LogP contribution in [0.2, 0.25) is 0 Å². The van der Waals surface area contributed by atoms with E-state index in [0.717, 1.165) is 12.8 Å². The average molecular weight is 338 g/mol. The molecule has 0 spiro atoms. The van der Waals surface area contributed by atoms with Gasteiger partial charge in [-0.15, -0.1) is 0 Å². The third kappa shape index (κ3) is 2.22. The maximum atomic E-state index is 4.91. The summed E-state index contributed by atoms with van der Waals surface area (Å²) in [4.78, 5) is 4.91. The summed E-state index contributed by atoms with van der Waals surface area (Å²) in [6, 6.07) is 21.3. The molecular weight excluding hydrogens is 316 g/mol. The fraction of sp³-hybridized carbons (Fsp3) is 0.208. The predicted molar refractivity (Wildman–Crippen MR) is 107 cm³/mol. The van der Waals surface area contributed by atoms with Crippen molar-refractivity contribution in [2.24, 2.45) is 5.92 Å². The third-order valence-electron chi connectivity index (χ3n) is 5.89. The SMILES string of the molecule is C=C1CC2C(C)=C(c3ccccc3)n3c(-c4ccccc4)cnc3C2C1. The van der Waals surface area contributed by atoms with Crippen molar-refractivity contribution in [2.45, 2.75) is 25.7 Å². The summed E-state index contributed by atoms with van der Waals surface area (Å²) in [7, 11) is 0. The fourth-order valence-electron chi connectivity index (χ4n) is 4.70. The highest BCUT2D eigenvalue weighted by molar-refractivity contribution is 5.77. The van der Waals surface area contributed by atoms with E-state index in [2.05, 4.69) is 78.7 Å². The van der Waals surface area contributed by atoms with E-state index < -0.39 is 0 Å². The van der Waals surface area contributed by atoms with Gasteiger partial charge in [-0.25, -0.2) is 4.98 Å². The number of hydrogen-bond donors (Lipinski definition) is 0. The van der Waals surface area contributed by atoms with Gasteiger partial charge in [-0.05, 0) is 36.8 Å². The number of benzene rings is 2. The van der Waals surface area contributed by atoms with Crippen molar-refractivity contribution >= 4 is 5.70 Å². The highest BCUT2D eigenvalue weighted by Gasteiger charge is 2.40. The van der Waals surface area contributed by atoms with E-state index in [-0.39, 0.29) is 0 Å². The van der Waals surface area contributed by atoms with Crippen LogP contribution in [0.1, 0.15) is 37.1 Å². The lowest BCUT2D eigenvalue weighted by molar-refractivity contribution is 0.510. The Labute approximate surface area is 154 Å². The zero-order valence-corrected chi connectivity index (χ0v) is 15.0. The first-order chi connectivity index (χ1) is 12.7. The number of aromatic nitrogens is 2.